The number of hydrogen-bond acceptors (Lipinski definition) is 3. The van der Waals surface area contributed by atoms with Crippen molar-refractivity contribution in [2.24, 2.45) is 11.7 Å². The van der Waals surface area contributed by atoms with Gasteiger partial charge in [0.15, 0.2) is 0 Å². The van der Waals surface area contributed by atoms with Gasteiger partial charge in [0, 0.05) is 25.4 Å². The number of ether oxygens (including phenoxy) is 1. The third kappa shape index (κ3) is 3.67. The van der Waals surface area contributed by atoms with Gasteiger partial charge in [-0.15, -0.1) is 0 Å². The molecule has 1 aromatic carbocycles. The summed E-state index contributed by atoms with van der Waals surface area (Å²) in [5.74, 6) is 1.28. The molecule has 0 amide bonds. The summed E-state index contributed by atoms with van der Waals surface area (Å²) in [5.41, 5.74) is 7.00. The molecule has 2 unspecified atom stereocenters. The summed E-state index contributed by atoms with van der Waals surface area (Å²) in [6.45, 7) is 7.06. The first kappa shape index (κ1) is 14.3. The Morgan fingerprint density at radius 3 is 2.89 bits per heavy atom. The minimum atomic E-state index is 0.246. The largest absolute Gasteiger partial charge is 0.488 e. The number of rotatable bonds is 6. The van der Waals surface area contributed by atoms with E-state index in [0.717, 1.165) is 31.8 Å². The highest BCUT2D eigenvalue weighted by Crippen LogP contribution is 2.28. The van der Waals surface area contributed by atoms with Crippen LogP contribution in [0.15, 0.2) is 24.3 Å². The van der Waals surface area contributed by atoms with E-state index in [1.54, 1.807) is 0 Å². The molecule has 1 aliphatic heterocycles. The lowest BCUT2D eigenvalue weighted by Crippen LogP contribution is -2.39. The minimum Gasteiger partial charge on any atom is -0.488 e. The van der Waals surface area contributed by atoms with Crippen LogP contribution in [-0.2, 0) is 6.42 Å². The predicted octanol–water partition coefficient (Wildman–Crippen LogP) is 2.23. The zero-order valence-corrected chi connectivity index (χ0v) is 12.5. The maximum absolute atomic E-state index is 5.98. The Morgan fingerprint density at radius 2 is 2.26 bits per heavy atom. The Balaban J connectivity index is 1.89. The van der Waals surface area contributed by atoms with Crippen molar-refractivity contribution in [2.75, 3.05) is 19.6 Å². The molecule has 0 bridgehead atoms. The second kappa shape index (κ2) is 6.35. The van der Waals surface area contributed by atoms with E-state index in [-0.39, 0.29) is 12.0 Å². The number of fused-ring (bicyclic) bond motifs is 1. The van der Waals surface area contributed by atoms with E-state index >= 15 is 0 Å². The van der Waals surface area contributed by atoms with Crippen LogP contribution in [0.4, 0.5) is 0 Å². The number of benzene rings is 1. The van der Waals surface area contributed by atoms with Gasteiger partial charge in [-0.05, 0) is 18.2 Å². The van der Waals surface area contributed by atoms with Crippen LogP contribution >= 0.6 is 12.2 Å². The first-order chi connectivity index (χ1) is 9.10. The van der Waals surface area contributed by atoms with Gasteiger partial charge >= 0.3 is 0 Å². The van der Waals surface area contributed by atoms with Crippen LogP contribution in [0.25, 0.3) is 0 Å². The molecule has 3 nitrogen and oxygen atoms in total. The molecule has 2 rings (SSSR count). The molecule has 0 saturated heterocycles. The van der Waals surface area contributed by atoms with E-state index in [1.807, 2.05) is 12.1 Å². The Kier molecular flexibility index (Phi) is 4.77. The fourth-order valence-corrected chi connectivity index (χ4v) is 2.53. The molecule has 0 fully saturated rings. The first-order valence-electron chi connectivity index (χ1n) is 6.86. The van der Waals surface area contributed by atoms with Crippen molar-refractivity contribution in [1.82, 2.24) is 4.90 Å². The van der Waals surface area contributed by atoms with Gasteiger partial charge in [-0.25, -0.2) is 0 Å². The van der Waals surface area contributed by atoms with E-state index in [2.05, 4.69) is 30.9 Å². The Labute approximate surface area is 120 Å². The van der Waals surface area contributed by atoms with Crippen LogP contribution in [0.1, 0.15) is 19.4 Å². The normalized spacial score (nSPS) is 19.0. The number of likely N-dealkylation sites (N-methyl/N-ethyl adjacent to an activating group) is 1. The summed E-state index contributed by atoms with van der Waals surface area (Å²) in [6, 6.07) is 8.28. The lowest BCUT2D eigenvalue weighted by molar-refractivity contribution is 0.149. The molecule has 1 aliphatic rings. The highest BCUT2D eigenvalue weighted by Gasteiger charge is 2.24. The van der Waals surface area contributed by atoms with Gasteiger partial charge in [0.25, 0.3) is 0 Å². The summed E-state index contributed by atoms with van der Waals surface area (Å²) in [7, 11) is 0. The quantitative estimate of drug-likeness (QED) is 0.810. The van der Waals surface area contributed by atoms with Gasteiger partial charge in [-0.3, -0.25) is 4.90 Å². The molecule has 4 heteroatoms. The second-order valence-corrected chi connectivity index (χ2v) is 5.68. The van der Waals surface area contributed by atoms with Gasteiger partial charge in [0.1, 0.15) is 11.9 Å². The molecule has 0 radical (unpaired) electrons. The topological polar surface area (TPSA) is 38.5 Å². The molecule has 1 aromatic rings. The molecule has 1 heterocycles. The smallest absolute Gasteiger partial charge is 0.123 e. The third-order valence-corrected chi connectivity index (χ3v) is 4.04. The molecule has 0 spiro atoms. The molecule has 104 valence electrons. The standard InChI is InChI=1S/C15H22N2OS/c1-3-17(9-11(2)15(16)19)10-13-8-12-6-4-5-7-14(12)18-13/h4-7,11,13H,3,8-10H2,1-2H3,(H2,16,19). The van der Waals surface area contributed by atoms with Crippen molar-refractivity contribution in [3.05, 3.63) is 29.8 Å². The van der Waals surface area contributed by atoms with Crippen LogP contribution in [0, 0.1) is 5.92 Å². The van der Waals surface area contributed by atoms with Gasteiger partial charge < -0.3 is 10.5 Å². The summed E-state index contributed by atoms with van der Waals surface area (Å²) >= 11 is 5.04. The van der Waals surface area contributed by atoms with Crippen molar-refractivity contribution in [2.45, 2.75) is 26.4 Å². The van der Waals surface area contributed by atoms with Gasteiger partial charge in [0.2, 0.25) is 0 Å². The average molecular weight is 278 g/mol. The molecule has 2 N–H and O–H groups in total. The van der Waals surface area contributed by atoms with Crippen molar-refractivity contribution in [3.8, 4) is 5.75 Å². The average Bonchev–Trinajstić information content (AvgIpc) is 2.79. The van der Waals surface area contributed by atoms with Crippen LogP contribution in [0.3, 0.4) is 0 Å². The zero-order chi connectivity index (χ0) is 13.8. The lowest BCUT2D eigenvalue weighted by Gasteiger charge is -2.26. The van der Waals surface area contributed by atoms with Crippen molar-refractivity contribution < 1.29 is 4.74 Å². The third-order valence-electron chi connectivity index (χ3n) is 3.64. The maximum Gasteiger partial charge on any atom is 0.123 e. The fraction of sp³-hybridized carbons (Fsp3) is 0.533. The molecule has 0 saturated carbocycles. The molecular weight excluding hydrogens is 256 g/mol. The number of para-hydroxylation sites is 1. The maximum atomic E-state index is 5.98. The van der Waals surface area contributed by atoms with E-state index in [9.17, 15) is 0 Å². The lowest BCUT2D eigenvalue weighted by atomic mass is 10.1. The summed E-state index contributed by atoms with van der Waals surface area (Å²) < 4.78 is 5.98. The van der Waals surface area contributed by atoms with E-state index in [1.165, 1.54) is 5.56 Å². The zero-order valence-electron chi connectivity index (χ0n) is 11.6. The Morgan fingerprint density at radius 1 is 1.53 bits per heavy atom. The highest BCUT2D eigenvalue weighted by molar-refractivity contribution is 7.80. The van der Waals surface area contributed by atoms with Crippen molar-refractivity contribution in [1.29, 1.82) is 0 Å². The number of nitrogens with zero attached hydrogens (tertiary/aromatic N) is 1. The van der Waals surface area contributed by atoms with Gasteiger partial charge in [-0.1, -0.05) is 44.3 Å². The Hall–Kier alpha value is -1.13. The van der Waals surface area contributed by atoms with E-state index in [0.29, 0.717) is 4.99 Å². The first-order valence-corrected chi connectivity index (χ1v) is 7.27. The summed E-state index contributed by atoms with van der Waals surface area (Å²) in [4.78, 5) is 2.95. The fourth-order valence-electron chi connectivity index (χ4n) is 2.45. The van der Waals surface area contributed by atoms with Crippen LogP contribution in [0.5, 0.6) is 5.75 Å². The monoisotopic (exact) mass is 278 g/mol. The van der Waals surface area contributed by atoms with Gasteiger partial charge in [-0.2, -0.15) is 0 Å². The van der Waals surface area contributed by atoms with Gasteiger partial charge in [0.05, 0.1) is 4.99 Å². The van der Waals surface area contributed by atoms with Crippen LogP contribution in [0.2, 0.25) is 0 Å². The van der Waals surface area contributed by atoms with Crippen molar-refractivity contribution in [3.63, 3.8) is 0 Å². The van der Waals surface area contributed by atoms with E-state index in [4.69, 9.17) is 22.7 Å². The molecule has 0 aromatic heterocycles. The highest BCUT2D eigenvalue weighted by atomic mass is 32.1. The van der Waals surface area contributed by atoms with Crippen molar-refractivity contribution >= 4 is 17.2 Å². The van der Waals surface area contributed by atoms with E-state index < -0.39 is 0 Å². The number of hydrogen-bond donors (Lipinski definition) is 1. The molecular formula is C15H22N2OS. The van der Waals surface area contributed by atoms with Crippen LogP contribution in [-0.4, -0.2) is 35.6 Å². The second-order valence-electron chi connectivity index (χ2n) is 5.21. The Bertz CT molecular complexity index is 425. The predicted molar refractivity (Wildman–Crippen MR) is 82.6 cm³/mol. The minimum absolute atomic E-state index is 0.246. The summed E-state index contributed by atoms with van der Waals surface area (Å²) in [5, 5.41) is 0. The molecule has 2 atom stereocenters. The molecule has 19 heavy (non-hydrogen) atoms. The number of thiocarbonyl (C=S) groups is 1. The number of nitrogens with two attached hydrogens (primary N) is 1. The molecule has 0 aliphatic carbocycles. The SMILES string of the molecule is CCN(CC1Cc2ccccc2O1)CC(C)C(N)=S. The van der Waals surface area contributed by atoms with Crippen LogP contribution < -0.4 is 10.5 Å². The summed E-state index contributed by atoms with van der Waals surface area (Å²) in [6.07, 6.45) is 1.24.